The first-order chi connectivity index (χ1) is 8.14. The molecule has 0 saturated carbocycles. The van der Waals surface area contributed by atoms with Crippen LogP contribution >= 0.6 is 7.60 Å². The number of nitrogens with two attached hydrogens (primary N) is 1. The lowest BCUT2D eigenvalue weighted by Gasteiger charge is -2.17. The first-order valence-electron chi connectivity index (χ1n) is 4.66. The number of carbonyl (C=O) groups excluding carboxylic acids is 1. The molecule has 0 aromatic heterocycles. The largest absolute Gasteiger partial charge is 0.399 e. The number of alkyl halides is 2. The Morgan fingerprint density at radius 1 is 1.28 bits per heavy atom. The Kier molecular flexibility index (Phi) is 4.01. The predicted molar refractivity (Wildman–Crippen MR) is 60.6 cm³/mol. The van der Waals surface area contributed by atoms with Gasteiger partial charge < -0.3 is 15.5 Å². The van der Waals surface area contributed by atoms with Crippen LogP contribution in [-0.4, -0.2) is 15.7 Å². The maximum Gasteiger partial charge on any atom is 0.399 e. The van der Waals surface area contributed by atoms with Crippen molar-refractivity contribution in [1.29, 1.82) is 0 Å². The Balaban J connectivity index is 3.03. The van der Waals surface area contributed by atoms with E-state index in [0.717, 1.165) is 18.2 Å². The summed E-state index contributed by atoms with van der Waals surface area (Å²) >= 11 is 0. The zero-order valence-electron chi connectivity index (χ0n) is 8.96. The molecule has 1 aromatic rings. The van der Waals surface area contributed by atoms with E-state index in [1.807, 2.05) is 0 Å². The van der Waals surface area contributed by atoms with Gasteiger partial charge in [-0.25, -0.2) is 0 Å². The Labute approximate surface area is 101 Å². The Morgan fingerprint density at radius 2 is 1.78 bits per heavy atom. The minimum atomic E-state index is -5.56. The maximum absolute atomic E-state index is 13.3. The smallest absolute Gasteiger partial charge is 0.366 e. The third-order valence-electron chi connectivity index (χ3n) is 2.06. The SMILES string of the molecule is NC(=O)/C=C/c1ccc(C(F)(F)P(=O)(O)O)cc1. The predicted octanol–water partition coefficient (Wildman–Crippen LogP) is 1.41. The van der Waals surface area contributed by atoms with Gasteiger partial charge in [0.2, 0.25) is 5.91 Å². The summed E-state index contributed by atoms with van der Waals surface area (Å²) in [4.78, 5) is 27.5. The molecule has 0 bridgehead atoms. The minimum absolute atomic E-state index is 0.402. The van der Waals surface area contributed by atoms with Crippen LogP contribution in [0.5, 0.6) is 0 Å². The minimum Gasteiger partial charge on any atom is -0.366 e. The normalized spacial score (nSPS) is 12.9. The van der Waals surface area contributed by atoms with Gasteiger partial charge in [0.15, 0.2) is 0 Å². The average Bonchev–Trinajstić information content (AvgIpc) is 2.25. The third kappa shape index (κ3) is 3.22. The van der Waals surface area contributed by atoms with Crippen LogP contribution in [0.3, 0.4) is 0 Å². The van der Waals surface area contributed by atoms with E-state index in [2.05, 4.69) is 0 Å². The zero-order valence-corrected chi connectivity index (χ0v) is 9.85. The van der Waals surface area contributed by atoms with Crippen molar-refractivity contribution in [3.05, 3.63) is 41.5 Å². The lowest BCUT2D eigenvalue weighted by molar-refractivity contribution is -0.113. The molecule has 0 spiro atoms. The summed E-state index contributed by atoms with van der Waals surface area (Å²) in [6.45, 7) is 0. The molecule has 4 N–H and O–H groups in total. The number of carbonyl (C=O) groups is 1. The van der Waals surface area contributed by atoms with E-state index in [-0.39, 0.29) is 0 Å². The zero-order chi connectivity index (χ0) is 14.0. The van der Waals surface area contributed by atoms with Crippen molar-refractivity contribution in [2.45, 2.75) is 5.66 Å². The Hall–Kier alpha value is -1.56. The molecule has 18 heavy (non-hydrogen) atoms. The van der Waals surface area contributed by atoms with Gasteiger partial charge in [0, 0.05) is 11.6 Å². The summed E-state index contributed by atoms with van der Waals surface area (Å²) in [7, 11) is -5.56. The van der Waals surface area contributed by atoms with E-state index in [0.29, 0.717) is 5.56 Å². The van der Waals surface area contributed by atoms with Crippen molar-refractivity contribution >= 4 is 19.6 Å². The summed E-state index contributed by atoms with van der Waals surface area (Å²) in [5.74, 6) is -0.695. The molecule has 5 nitrogen and oxygen atoms in total. The van der Waals surface area contributed by atoms with Crippen molar-refractivity contribution in [1.82, 2.24) is 0 Å². The highest BCUT2D eigenvalue weighted by atomic mass is 31.2. The second-order valence-electron chi connectivity index (χ2n) is 3.44. The number of hydrogen-bond donors (Lipinski definition) is 3. The van der Waals surface area contributed by atoms with Crippen LogP contribution in [0.15, 0.2) is 30.3 Å². The quantitative estimate of drug-likeness (QED) is 0.572. The summed E-state index contributed by atoms with van der Waals surface area (Å²) in [5.41, 5.74) is 0.214. The van der Waals surface area contributed by atoms with Crippen molar-refractivity contribution in [3.8, 4) is 0 Å². The highest BCUT2D eigenvalue weighted by Gasteiger charge is 2.50. The van der Waals surface area contributed by atoms with Crippen LogP contribution in [0.1, 0.15) is 11.1 Å². The molecule has 0 aliphatic carbocycles. The van der Waals surface area contributed by atoms with Crippen LogP contribution in [-0.2, 0) is 15.0 Å². The Bertz CT molecular complexity index is 521. The number of primary amides is 1. The van der Waals surface area contributed by atoms with Crippen LogP contribution in [0, 0.1) is 0 Å². The molecule has 0 fully saturated rings. The third-order valence-corrected chi connectivity index (χ3v) is 3.05. The van der Waals surface area contributed by atoms with E-state index >= 15 is 0 Å². The van der Waals surface area contributed by atoms with E-state index in [1.165, 1.54) is 18.2 Å². The molecule has 98 valence electrons. The highest BCUT2D eigenvalue weighted by Crippen LogP contribution is 2.59. The van der Waals surface area contributed by atoms with E-state index < -0.39 is 24.7 Å². The van der Waals surface area contributed by atoms with Crippen molar-refractivity contribution in [3.63, 3.8) is 0 Å². The topological polar surface area (TPSA) is 101 Å². The van der Waals surface area contributed by atoms with Gasteiger partial charge in [0.25, 0.3) is 0 Å². The lowest BCUT2D eigenvalue weighted by atomic mass is 10.1. The number of hydrogen-bond acceptors (Lipinski definition) is 2. The molecule has 0 unspecified atom stereocenters. The fourth-order valence-corrected chi connectivity index (χ4v) is 1.63. The number of benzene rings is 1. The molecular formula is C10H10F2NO4P. The molecule has 0 heterocycles. The lowest BCUT2D eigenvalue weighted by Crippen LogP contribution is -2.13. The van der Waals surface area contributed by atoms with Crippen LogP contribution < -0.4 is 5.73 Å². The standard InChI is InChI=1S/C10H10F2NO4P/c11-10(12,18(15,16)17)8-4-1-7(2-5-8)3-6-9(13)14/h1-6H,(H2,13,14)(H2,15,16,17)/b6-3+. The fraction of sp³-hybridized carbons (Fsp3) is 0.100. The molecule has 0 radical (unpaired) electrons. The monoisotopic (exact) mass is 277 g/mol. The number of rotatable bonds is 4. The molecule has 0 aliphatic rings. The first kappa shape index (κ1) is 14.5. The molecule has 8 heteroatoms. The van der Waals surface area contributed by atoms with Crippen LogP contribution in [0.2, 0.25) is 0 Å². The number of amides is 1. The summed E-state index contributed by atoms with van der Waals surface area (Å²) < 4.78 is 37.1. The molecule has 0 saturated heterocycles. The van der Waals surface area contributed by atoms with Crippen LogP contribution in [0.25, 0.3) is 6.08 Å². The maximum atomic E-state index is 13.3. The van der Waals surface area contributed by atoms with Gasteiger partial charge in [-0.2, -0.15) is 8.78 Å². The molecular weight excluding hydrogens is 267 g/mol. The van der Waals surface area contributed by atoms with Gasteiger partial charge in [-0.1, -0.05) is 24.3 Å². The summed E-state index contributed by atoms with van der Waals surface area (Å²) in [5, 5.41) is 0. The first-order valence-corrected chi connectivity index (χ1v) is 6.27. The number of halogens is 2. The molecule has 1 amide bonds. The average molecular weight is 277 g/mol. The van der Waals surface area contributed by atoms with E-state index in [4.69, 9.17) is 15.5 Å². The fourth-order valence-electron chi connectivity index (χ4n) is 1.14. The summed E-state index contributed by atoms with van der Waals surface area (Å²) in [6, 6.07) is 4.14. The van der Waals surface area contributed by atoms with Crippen molar-refractivity contribution in [2.75, 3.05) is 0 Å². The van der Waals surface area contributed by atoms with Gasteiger partial charge in [0.1, 0.15) is 0 Å². The van der Waals surface area contributed by atoms with Crippen molar-refractivity contribution in [2.24, 2.45) is 5.73 Å². The van der Waals surface area contributed by atoms with Crippen molar-refractivity contribution < 1.29 is 27.9 Å². The molecule has 1 rings (SSSR count). The van der Waals surface area contributed by atoms with Gasteiger partial charge in [-0.3, -0.25) is 9.36 Å². The van der Waals surface area contributed by atoms with E-state index in [9.17, 15) is 18.1 Å². The molecule has 0 atom stereocenters. The second-order valence-corrected chi connectivity index (χ2v) is 5.09. The van der Waals surface area contributed by atoms with Gasteiger partial charge in [0.05, 0.1) is 0 Å². The van der Waals surface area contributed by atoms with Gasteiger partial charge >= 0.3 is 13.3 Å². The van der Waals surface area contributed by atoms with Gasteiger partial charge in [-0.15, -0.1) is 0 Å². The molecule has 0 aliphatic heterocycles. The Morgan fingerprint density at radius 3 is 2.17 bits per heavy atom. The molecule has 1 aromatic carbocycles. The van der Waals surface area contributed by atoms with E-state index in [1.54, 1.807) is 0 Å². The summed E-state index contributed by atoms with van der Waals surface area (Å²) in [6.07, 6.45) is 2.33. The van der Waals surface area contributed by atoms with Gasteiger partial charge in [-0.05, 0) is 11.6 Å². The highest BCUT2D eigenvalue weighted by molar-refractivity contribution is 7.52. The second kappa shape index (κ2) is 4.97. The van der Waals surface area contributed by atoms with Crippen LogP contribution in [0.4, 0.5) is 8.78 Å².